The predicted octanol–water partition coefficient (Wildman–Crippen LogP) is 2.38. The number of ether oxygens (including phenoxy) is 1. The van der Waals surface area contributed by atoms with Crippen molar-refractivity contribution < 1.29 is 22.3 Å². The van der Waals surface area contributed by atoms with E-state index in [9.17, 15) is 17.6 Å². The fourth-order valence-electron chi connectivity index (χ4n) is 1.01. The van der Waals surface area contributed by atoms with Gasteiger partial charge >= 0.3 is 6.18 Å². The van der Waals surface area contributed by atoms with E-state index in [2.05, 4.69) is 15.3 Å². The van der Waals surface area contributed by atoms with Crippen molar-refractivity contribution in [3.63, 3.8) is 0 Å². The number of anilines is 1. The number of halogens is 4. The van der Waals surface area contributed by atoms with E-state index in [0.717, 1.165) is 6.20 Å². The van der Waals surface area contributed by atoms with Crippen LogP contribution in [0, 0.1) is 5.82 Å². The van der Waals surface area contributed by atoms with Crippen molar-refractivity contribution in [3.8, 4) is 5.88 Å². The number of aromatic nitrogens is 2. The molecule has 96 valence electrons. The normalized spacial score (nSPS) is 11.4. The van der Waals surface area contributed by atoms with Gasteiger partial charge in [0.2, 0.25) is 11.8 Å². The van der Waals surface area contributed by atoms with E-state index in [0.29, 0.717) is 0 Å². The van der Waals surface area contributed by atoms with E-state index in [1.165, 1.54) is 7.05 Å². The molecule has 0 atom stereocenters. The standard InChI is InChI=1S/C9H11F4N3O/c1-14-8-15-5-6(10)7(16-8)17-4-2-3-9(11,12)13/h5H,2-4H2,1H3,(H,14,15,16). The fraction of sp³-hybridized carbons (Fsp3) is 0.556. The number of rotatable bonds is 5. The van der Waals surface area contributed by atoms with E-state index in [4.69, 9.17) is 4.74 Å². The Labute approximate surface area is 95.0 Å². The summed E-state index contributed by atoms with van der Waals surface area (Å²) in [5.74, 6) is -1.03. The highest BCUT2D eigenvalue weighted by Gasteiger charge is 2.26. The Bertz CT molecular complexity index is 370. The Morgan fingerprint density at radius 1 is 1.41 bits per heavy atom. The molecule has 0 aliphatic rings. The molecule has 0 bridgehead atoms. The zero-order valence-corrected chi connectivity index (χ0v) is 9.01. The molecule has 0 aliphatic heterocycles. The van der Waals surface area contributed by atoms with Gasteiger partial charge in [0.15, 0.2) is 0 Å². The molecule has 0 radical (unpaired) electrons. The lowest BCUT2D eigenvalue weighted by Gasteiger charge is -2.08. The lowest BCUT2D eigenvalue weighted by molar-refractivity contribution is -0.136. The van der Waals surface area contributed by atoms with E-state index < -0.39 is 18.4 Å². The van der Waals surface area contributed by atoms with Crippen molar-refractivity contribution in [2.45, 2.75) is 19.0 Å². The molecular formula is C9H11F4N3O. The molecule has 1 N–H and O–H groups in total. The van der Waals surface area contributed by atoms with E-state index >= 15 is 0 Å². The molecule has 8 heteroatoms. The van der Waals surface area contributed by atoms with Gasteiger partial charge in [-0.1, -0.05) is 0 Å². The summed E-state index contributed by atoms with van der Waals surface area (Å²) >= 11 is 0. The Balaban J connectivity index is 2.46. The molecule has 0 unspecified atom stereocenters. The average Bonchev–Trinajstić information content (AvgIpc) is 2.25. The summed E-state index contributed by atoms with van der Waals surface area (Å²) in [6.07, 6.45) is -4.57. The van der Waals surface area contributed by atoms with Crippen LogP contribution in [-0.2, 0) is 0 Å². The summed E-state index contributed by atoms with van der Waals surface area (Å²) in [7, 11) is 1.53. The van der Waals surface area contributed by atoms with Gasteiger partial charge in [-0.15, -0.1) is 0 Å². The van der Waals surface area contributed by atoms with Crippen LogP contribution >= 0.6 is 0 Å². The summed E-state index contributed by atoms with van der Waals surface area (Å²) in [6, 6.07) is 0. The van der Waals surface area contributed by atoms with Crippen molar-refractivity contribution in [2.24, 2.45) is 0 Å². The van der Waals surface area contributed by atoms with Gasteiger partial charge < -0.3 is 10.1 Å². The molecule has 0 fully saturated rings. The number of hydrogen-bond donors (Lipinski definition) is 1. The molecule has 0 aromatic carbocycles. The van der Waals surface area contributed by atoms with E-state index in [1.807, 2.05) is 0 Å². The summed E-state index contributed by atoms with van der Waals surface area (Å²) in [5, 5.41) is 2.56. The Kier molecular flexibility index (Phi) is 4.47. The Morgan fingerprint density at radius 3 is 2.71 bits per heavy atom. The van der Waals surface area contributed by atoms with Crippen LogP contribution in [-0.4, -0.2) is 29.8 Å². The summed E-state index contributed by atoms with van der Waals surface area (Å²) in [6.45, 7) is -0.253. The number of alkyl halides is 3. The highest BCUT2D eigenvalue weighted by Crippen LogP contribution is 2.21. The van der Waals surface area contributed by atoms with Crippen molar-refractivity contribution in [1.82, 2.24) is 9.97 Å². The average molecular weight is 253 g/mol. The summed E-state index contributed by atoms with van der Waals surface area (Å²) in [5.41, 5.74) is 0. The third-order valence-electron chi connectivity index (χ3n) is 1.78. The number of hydrogen-bond acceptors (Lipinski definition) is 4. The first-order valence-electron chi connectivity index (χ1n) is 4.82. The van der Waals surface area contributed by atoms with Gasteiger partial charge in [0.1, 0.15) is 0 Å². The first-order chi connectivity index (χ1) is 7.92. The first-order valence-corrected chi connectivity index (χ1v) is 4.82. The first kappa shape index (κ1) is 13.5. The zero-order valence-electron chi connectivity index (χ0n) is 9.01. The maximum Gasteiger partial charge on any atom is 0.389 e. The predicted molar refractivity (Wildman–Crippen MR) is 52.3 cm³/mol. The smallest absolute Gasteiger partial charge is 0.389 e. The van der Waals surface area contributed by atoms with Crippen molar-refractivity contribution in [3.05, 3.63) is 12.0 Å². The largest absolute Gasteiger partial charge is 0.475 e. The van der Waals surface area contributed by atoms with Crippen molar-refractivity contribution >= 4 is 5.95 Å². The Morgan fingerprint density at radius 2 is 2.12 bits per heavy atom. The summed E-state index contributed by atoms with van der Waals surface area (Å²) in [4.78, 5) is 7.19. The molecule has 0 aliphatic carbocycles. The highest BCUT2D eigenvalue weighted by molar-refractivity contribution is 5.27. The maximum atomic E-state index is 13.1. The van der Waals surface area contributed by atoms with Gasteiger partial charge in [-0.3, -0.25) is 0 Å². The minimum absolute atomic E-state index is 0.136. The molecule has 0 saturated heterocycles. The molecule has 17 heavy (non-hydrogen) atoms. The third-order valence-corrected chi connectivity index (χ3v) is 1.78. The maximum absolute atomic E-state index is 13.1. The van der Waals surface area contributed by atoms with Crippen LogP contribution < -0.4 is 10.1 Å². The minimum atomic E-state index is -4.23. The van der Waals surface area contributed by atoms with Gasteiger partial charge in [-0.25, -0.2) is 4.98 Å². The fourth-order valence-corrected chi connectivity index (χ4v) is 1.01. The minimum Gasteiger partial charge on any atom is -0.475 e. The quantitative estimate of drug-likeness (QED) is 0.646. The van der Waals surface area contributed by atoms with Crippen LogP contribution in [0.25, 0.3) is 0 Å². The molecule has 0 amide bonds. The van der Waals surface area contributed by atoms with Gasteiger partial charge in [-0.2, -0.15) is 22.5 Å². The van der Waals surface area contributed by atoms with E-state index in [-0.39, 0.29) is 24.9 Å². The summed E-state index contributed by atoms with van der Waals surface area (Å²) < 4.78 is 53.3. The lowest BCUT2D eigenvalue weighted by atomic mass is 10.3. The molecule has 1 heterocycles. The van der Waals surface area contributed by atoms with Crippen LogP contribution in [0.5, 0.6) is 5.88 Å². The van der Waals surface area contributed by atoms with Gasteiger partial charge in [0.05, 0.1) is 12.8 Å². The molecule has 1 aromatic heterocycles. The third kappa shape index (κ3) is 4.83. The molecule has 1 rings (SSSR count). The molecule has 4 nitrogen and oxygen atoms in total. The van der Waals surface area contributed by atoms with Crippen LogP contribution in [0.2, 0.25) is 0 Å². The molecular weight excluding hydrogens is 242 g/mol. The number of nitrogens with one attached hydrogen (secondary N) is 1. The molecule has 0 spiro atoms. The monoisotopic (exact) mass is 253 g/mol. The van der Waals surface area contributed by atoms with Gasteiger partial charge in [0.25, 0.3) is 5.88 Å². The second-order valence-electron chi connectivity index (χ2n) is 3.16. The van der Waals surface area contributed by atoms with Gasteiger partial charge in [0, 0.05) is 13.5 Å². The number of nitrogens with zero attached hydrogens (tertiary/aromatic N) is 2. The second-order valence-corrected chi connectivity index (χ2v) is 3.16. The van der Waals surface area contributed by atoms with Crippen LogP contribution in [0.15, 0.2) is 6.20 Å². The van der Waals surface area contributed by atoms with Gasteiger partial charge in [-0.05, 0) is 6.42 Å². The van der Waals surface area contributed by atoms with Crippen molar-refractivity contribution in [2.75, 3.05) is 19.0 Å². The second kappa shape index (κ2) is 5.65. The highest BCUT2D eigenvalue weighted by atomic mass is 19.4. The lowest BCUT2D eigenvalue weighted by Crippen LogP contribution is -2.11. The zero-order chi connectivity index (χ0) is 12.9. The Hall–Kier alpha value is -1.60. The van der Waals surface area contributed by atoms with E-state index in [1.54, 1.807) is 0 Å². The van der Waals surface area contributed by atoms with Crippen molar-refractivity contribution in [1.29, 1.82) is 0 Å². The van der Waals surface area contributed by atoms with Crippen LogP contribution in [0.4, 0.5) is 23.5 Å². The topological polar surface area (TPSA) is 47.0 Å². The SMILES string of the molecule is CNc1ncc(F)c(OCCCC(F)(F)F)n1. The molecule has 0 saturated carbocycles. The van der Waals surface area contributed by atoms with Crippen LogP contribution in [0.1, 0.15) is 12.8 Å². The van der Waals surface area contributed by atoms with Crippen LogP contribution in [0.3, 0.4) is 0 Å². The molecule has 1 aromatic rings.